The normalized spacial score (nSPS) is 10.7. The Bertz CT molecular complexity index is 1220. The minimum absolute atomic E-state index is 0.506. The van der Waals surface area contributed by atoms with Crippen molar-refractivity contribution in [3.8, 4) is 17.5 Å². The van der Waals surface area contributed by atoms with Crippen LogP contribution in [0.4, 0.5) is 10.8 Å². The summed E-state index contributed by atoms with van der Waals surface area (Å²) in [5, 5.41) is 18.6. The Labute approximate surface area is 182 Å². The number of hydrogen-bond donors (Lipinski definition) is 2. The van der Waals surface area contributed by atoms with Crippen molar-refractivity contribution in [2.45, 2.75) is 0 Å². The van der Waals surface area contributed by atoms with Gasteiger partial charge in [-0.25, -0.2) is 9.97 Å². The van der Waals surface area contributed by atoms with Crippen molar-refractivity contribution in [1.82, 2.24) is 9.97 Å². The van der Waals surface area contributed by atoms with Crippen LogP contribution in [0.5, 0.6) is 0 Å². The summed E-state index contributed by atoms with van der Waals surface area (Å²) in [6.45, 7) is 1.33. The van der Waals surface area contributed by atoms with Crippen molar-refractivity contribution in [2.75, 3.05) is 23.7 Å². The molecule has 0 saturated carbocycles. The fraction of sp³-hybridized carbons (Fsp3) is 0.0952. The minimum atomic E-state index is 0.506. The predicted molar refractivity (Wildman–Crippen MR) is 121 cm³/mol. The van der Waals surface area contributed by atoms with E-state index in [9.17, 15) is 0 Å². The maximum absolute atomic E-state index is 8.92. The second-order valence-electron chi connectivity index (χ2n) is 6.17. The molecule has 2 aromatic heterocycles. The van der Waals surface area contributed by atoms with E-state index in [0.717, 1.165) is 27.3 Å². The van der Waals surface area contributed by atoms with E-state index in [2.05, 4.69) is 21.7 Å². The van der Waals surface area contributed by atoms with E-state index in [1.807, 2.05) is 36.4 Å². The lowest BCUT2D eigenvalue weighted by molar-refractivity contribution is 1.06. The van der Waals surface area contributed by atoms with Gasteiger partial charge in [0.05, 0.1) is 15.5 Å². The number of benzene rings is 2. The summed E-state index contributed by atoms with van der Waals surface area (Å²) in [7, 11) is 0. The molecule has 5 nitrogen and oxygen atoms in total. The Balaban J connectivity index is 1.56. The van der Waals surface area contributed by atoms with Crippen molar-refractivity contribution in [2.24, 2.45) is 0 Å². The molecule has 4 aromatic rings. The maximum Gasteiger partial charge on any atom is 0.163 e. The van der Waals surface area contributed by atoms with E-state index in [1.54, 1.807) is 18.2 Å². The smallest absolute Gasteiger partial charge is 0.163 e. The van der Waals surface area contributed by atoms with Crippen molar-refractivity contribution in [1.29, 1.82) is 5.26 Å². The maximum atomic E-state index is 8.92. The molecule has 0 radical (unpaired) electrons. The average molecular weight is 440 g/mol. The Hall–Kier alpha value is -2.85. The number of hydrogen-bond acceptors (Lipinski definition) is 6. The molecule has 0 aliphatic rings. The summed E-state index contributed by atoms with van der Waals surface area (Å²) < 4.78 is 0. The largest absolute Gasteiger partial charge is 0.375 e. The van der Waals surface area contributed by atoms with Crippen LogP contribution in [0.3, 0.4) is 0 Å². The third-order valence-corrected chi connectivity index (χ3v) is 5.70. The van der Waals surface area contributed by atoms with Crippen molar-refractivity contribution < 1.29 is 0 Å². The third kappa shape index (κ3) is 4.43. The zero-order chi connectivity index (χ0) is 20.2. The highest BCUT2D eigenvalue weighted by Gasteiger charge is 2.12. The van der Waals surface area contributed by atoms with Gasteiger partial charge in [0.2, 0.25) is 0 Å². The van der Waals surface area contributed by atoms with Crippen LogP contribution in [0.1, 0.15) is 4.88 Å². The van der Waals surface area contributed by atoms with E-state index in [4.69, 9.17) is 33.4 Å². The van der Waals surface area contributed by atoms with Crippen molar-refractivity contribution in [3.63, 3.8) is 0 Å². The van der Waals surface area contributed by atoms with Crippen molar-refractivity contribution in [3.05, 3.63) is 69.5 Å². The highest BCUT2D eigenvalue weighted by molar-refractivity contribution is 7.16. The molecule has 144 valence electrons. The van der Waals surface area contributed by atoms with Crippen LogP contribution in [0.25, 0.3) is 22.3 Å². The fourth-order valence-corrected chi connectivity index (χ4v) is 4.08. The number of nitrogens with zero attached hydrogens (tertiary/aromatic N) is 3. The molecular weight excluding hydrogens is 425 g/mol. The topological polar surface area (TPSA) is 73.6 Å². The van der Waals surface area contributed by atoms with E-state index in [-0.39, 0.29) is 0 Å². The number of aromatic nitrogens is 2. The number of nitriles is 1. The van der Waals surface area contributed by atoms with E-state index < -0.39 is 0 Å². The van der Waals surface area contributed by atoms with Crippen LogP contribution in [-0.2, 0) is 0 Å². The fourth-order valence-electron chi connectivity index (χ4n) is 2.86. The summed E-state index contributed by atoms with van der Waals surface area (Å²) in [4.78, 5) is 10.1. The quantitative estimate of drug-likeness (QED) is 0.357. The van der Waals surface area contributed by atoms with Crippen LogP contribution in [0, 0.1) is 11.3 Å². The molecule has 0 fully saturated rings. The third-order valence-electron chi connectivity index (χ3n) is 4.21. The number of thiophene rings is 1. The Morgan fingerprint density at radius 3 is 2.59 bits per heavy atom. The van der Waals surface area contributed by atoms with Crippen molar-refractivity contribution >= 4 is 56.3 Å². The zero-order valence-electron chi connectivity index (χ0n) is 15.1. The minimum Gasteiger partial charge on any atom is -0.375 e. The average Bonchev–Trinajstić information content (AvgIpc) is 3.19. The molecule has 2 N–H and O–H groups in total. The van der Waals surface area contributed by atoms with Crippen LogP contribution in [0.2, 0.25) is 10.0 Å². The molecule has 2 aromatic carbocycles. The number of fused-ring (bicyclic) bond motifs is 1. The van der Waals surface area contributed by atoms with Gasteiger partial charge in [-0.3, -0.25) is 0 Å². The van der Waals surface area contributed by atoms with E-state index in [1.165, 1.54) is 11.3 Å². The van der Waals surface area contributed by atoms with Gasteiger partial charge in [-0.15, -0.1) is 11.3 Å². The molecule has 8 heteroatoms. The second-order valence-corrected chi connectivity index (χ2v) is 8.09. The number of anilines is 2. The van der Waals surface area contributed by atoms with Gasteiger partial charge in [0, 0.05) is 29.1 Å². The second kappa shape index (κ2) is 8.66. The summed E-state index contributed by atoms with van der Waals surface area (Å²) in [5.74, 6) is 1.28. The highest BCUT2D eigenvalue weighted by Crippen LogP contribution is 2.31. The Morgan fingerprint density at radius 2 is 1.79 bits per heavy atom. The van der Waals surface area contributed by atoms with Crippen LogP contribution in [-0.4, -0.2) is 23.1 Å². The van der Waals surface area contributed by atoms with Crippen LogP contribution in [0.15, 0.2) is 54.6 Å². The summed E-state index contributed by atoms with van der Waals surface area (Å²) in [5.41, 5.74) is 1.56. The lowest BCUT2D eigenvalue weighted by Gasteiger charge is -2.12. The summed E-state index contributed by atoms with van der Waals surface area (Å²) >= 11 is 13.8. The van der Waals surface area contributed by atoms with E-state index in [0.29, 0.717) is 33.8 Å². The number of halogens is 2. The van der Waals surface area contributed by atoms with Gasteiger partial charge in [-0.1, -0.05) is 35.3 Å². The standard InChI is InChI=1S/C21H15Cl2N5S/c22-13-5-7-15(17(23)11-13)21-27-18-4-2-1-3-16(18)20(28-21)26-10-9-25-19-8-6-14(12-24)29-19/h1-8,11,25H,9-10H2,(H,26,27,28). The van der Waals surface area contributed by atoms with Gasteiger partial charge >= 0.3 is 0 Å². The lowest BCUT2D eigenvalue weighted by Crippen LogP contribution is -2.14. The molecular formula is C21H15Cl2N5S. The first-order valence-corrected chi connectivity index (χ1v) is 10.4. The van der Waals surface area contributed by atoms with Crippen LogP contribution < -0.4 is 10.6 Å². The first-order chi connectivity index (χ1) is 14.1. The Kier molecular flexibility index (Phi) is 5.81. The SMILES string of the molecule is N#Cc1ccc(NCCNc2nc(-c3ccc(Cl)cc3Cl)nc3ccccc23)s1. The molecule has 0 atom stereocenters. The molecule has 0 bridgehead atoms. The molecule has 0 spiro atoms. The van der Waals surface area contributed by atoms with Crippen LogP contribution >= 0.6 is 34.5 Å². The van der Waals surface area contributed by atoms with E-state index >= 15 is 0 Å². The molecule has 2 heterocycles. The number of para-hydroxylation sites is 1. The number of nitrogens with one attached hydrogen (secondary N) is 2. The Morgan fingerprint density at radius 1 is 0.966 bits per heavy atom. The molecule has 4 rings (SSSR count). The first kappa shape index (κ1) is 19.5. The molecule has 0 aliphatic carbocycles. The summed E-state index contributed by atoms with van der Waals surface area (Å²) in [6.07, 6.45) is 0. The molecule has 0 saturated heterocycles. The molecule has 0 aliphatic heterocycles. The van der Waals surface area contributed by atoms with Gasteiger partial charge in [0.1, 0.15) is 16.8 Å². The van der Waals surface area contributed by atoms with Gasteiger partial charge < -0.3 is 10.6 Å². The van der Waals surface area contributed by atoms with Gasteiger partial charge in [0.25, 0.3) is 0 Å². The monoisotopic (exact) mass is 439 g/mol. The van der Waals surface area contributed by atoms with Gasteiger partial charge in [-0.05, 0) is 42.5 Å². The summed E-state index contributed by atoms with van der Waals surface area (Å²) in [6, 6.07) is 19.0. The zero-order valence-corrected chi connectivity index (χ0v) is 17.4. The van der Waals surface area contributed by atoms with Gasteiger partial charge in [0.15, 0.2) is 5.82 Å². The molecule has 0 amide bonds. The highest BCUT2D eigenvalue weighted by atomic mass is 35.5. The lowest BCUT2D eigenvalue weighted by atomic mass is 10.2. The molecule has 29 heavy (non-hydrogen) atoms. The van der Waals surface area contributed by atoms with Gasteiger partial charge in [-0.2, -0.15) is 5.26 Å². The number of rotatable bonds is 6. The molecule has 0 unspecified atom stereocenters. The first-order valence-electron chi connectivity index (χ1n) is 8.84. The predicted octanol–water partition coefficient (Wildman–Crippen LogP) is 6.06.